The van der Waals surface area contributed by atoms with Crippen molar-refractivity contribution in [3.63, 3.8) is 0 Å². The van der Waals surface area contributed by atoms with Crippen LogP contribution in [0.25, 0.3) is 0 Å². The van der Waals surface area contributed by atoms with Crippen LogP contribution in [0.15, 0.2) is 0 Å². The Morgan fingerprint density at radius 1 is 0.576 bits per heavy atom. The minimum Gasteiger partial charge on any atom is 0 e. The minimum atomic E-state index is -0.278. The quantitative estimate of drug-likeness (QED) is 0.203. The zero-order valence-electron chi connectivity index (χ0n) is 38.6. The molecule has 0 unspecified atom stereocenters. The molecule has 4 aliphatic carbocycles. The van der Waals surface area contributed by atoms with Gasteiger partial charge in [-0.3, -0.25) is 19.5 Å². The van der Waals surface area contributed by atoms with Crippen molar-refractivity contribution in [2.24, 2.45) is 35.5 Å². The van der Waals surface area contributed by atoms with Gasteiger partial charge in [-0.15, -0.1) is 0 Å². The molecular formula is C47H93I7N2OV2-3. The standard InChI is InChI=1S/2C14H27N.C7H12O.C7H14.C3H7.CH2I.CH4.I3.3HI.2V/c2*1-12-4-8-14(3,9-5-12)15-10-6-13(2)7-11-15;1-6-2-4-7(8)5-3-6;1-7-5-3-2-4-6-7;1-3-2;1-2;;1-3-2;;;;;/h2*12-13H,4-11H2,1-3H3;6H,2-5H2,1H3;7H,2-6H2,1H3;1,3H2,2H3;1H2;1H4;;3*1H;;/q;;;;2*-1;;-1;;;;;+3/p-3. The van der Waals surface area contributed by atoms with Crippen LogP contribution in [0.4, 0.5) is 0 Å². The summed E-state index contributed by atoms with van der Waals surface area (Å²) in [7, 11) is 0. The molecule has 0 spiro atoms. The van der Waals surface area contributed by atoms with Gasteiger partial charge in [-0.1, -0.05) is 88.0 Å². The van der Waals surface area contributed by atoms with Gasteiger partial charge in [0, 0.05) is 42.5 Å². The Hall–Kier alpha value is 5.87. The van der Waals surface area contributed by atoms with E-state index >= 15 is 0 Å². The van der Waals surface area contributed by atoms with Crippen LogP contribution >= 0.6 is 120 Å². The molecule has 0 amide bonds. The molecule has 0 atom stereocenters. The van der Waals surface area contributed by atoms with Gasteiger partial charge in [0.25, 0.3) is 0 Å². The summed E-state index contributed by atoms with van der Waals surface area (Å²) in [5.41, 5.74) is 1.10. The number of ketones is 1. The van der Waals surface area contributed by atoms with Gasteiger partial charge in [-0.2, -0.15) is 6.42 Å². The second kappa shape index (κ2) is 45.0. The van der Waals surface area contributed by atoms with E-state index in [0.29, 0.717) is 30.1 Å². The average molecular weight is 1690 g/mol. The SMILES string of the molecule is C.CC1CCC(=O)CC1.CC1CCCCC1.CC1CCN(C2(C)CCC(C)CC2)CC1.CC1CCN(C2(C)CCC(C)CC2)CC1.I[I-]I.[CH2-]CC.[CH2-]I.[I][V]([I])[I].[V]. The van der Waals surface area contributed by atoms with E-state index in [1.54, 1.807) is 0 Å². The van der Waals surface area contributed by atoms with Gasteiger partial charge in [0.05, 0.1) is 0 Å². The maximum atomic E-state index is 10.6. The fraction of sp³-hybridized carbons (Fsp3) is 0.936. The first-order valence-electron chi connectivity index (χ1n) is 22.7. The number of piperidine rings is 2. The van der Waals surface area contributed by atoms with Crippen molar-refractivity contribution in [1.82, 2.24) is 9.80 Å². The molecule has 0 aromatic heterocycles. The average Bonchev–Trinajstić information content (AvgIpc) is 3.18. The molecule has 0 aromatic rings. The minimum absolute atomic E-state index is 0. The van der Waals surface area contributed by atoms with Crippen LogP contribution in [0.3, 0.4) is 0 Å². The Kier molecular flexibility index (Phi) is 54.5. The third-order valence-corrected chi connectivity index (χ3v) is 13.5. The van der Waals surface area contributed by atoms with E-state index in [2.05, 4.69) is 174 Å². The zero-order chi connectivity index (χ0) is 43.9. The Morgan fingerprint density at radius 3 is 1.02 bits per heavy atom. The first kappa shape index (κ1) is 71.4. The number of carbonyl (C=O) groups excluding carboxylic acids is 1. The van der Waals surface area contributed by atoms with Gasteiger partial charge in [0.2, 0.25) is 0 Å². The predicted octanol–water partition coefficient (Wildman–Crippen LogP) is 16.2. The number of hydrogen-bond donors (Lipinski definition) is 0. The van der Waals surface area contributed by atoms with Crippen LogP contribution in [0.1, 0.15) is 211 Å². The van der Waals surface area contributed by atoms with Gasteiger partial charge in [0.15, 0.2) is 0 Å². The molecule has 2 saturated heterocycles. The molecule has 0 bridgehead atoms. The van der Waals surface area contributed by atoms with Crippen LogP contribution in [0.5, 0.6) is 0 Å². The molecule has 3 nitrogen and oxygen atoms in total. The van der Waals surface area contributed by atoms with Gasteiger partial charge in [-0.05, 0) is 165 Å². The number of carbonyl (C=O) groups is 1. The van der Waals surface area contributed by atoms with E-state index in [0.717, 1.165) is 67.6 Å². The van der Waals surface area contributed by atoms with Gasteiger partial charge >= 0.3 is 115 Å². The molecule has 2 heterocycles. The van der Waals surface area contributed by atoms with E-state index in [1.807, 2.05) is 29.5 Å². The third-order valence-electron chi connectivity index (χ3n) is 13.5. The molecule has 59 heavy (non-hydrogen) atoms. The molecule has 2 aliphatic heterocycles. The second-order valence-corrected chi connectivity index (χ2v) is 70.5. The largest absolute Gasteiger partial charge is 0 e. The maximum Gasteiger partial charge on any atom is 0 e. The van der Waals surface area contributed by atoms with Gasteiger partial charge in [0.1, 0.15) is 5.78 Å². The van der Waals surface area contributed by atoms with Gasteiger partial charge in [-0.25, -0.2) is 0 Å². The number of Topliss-reactive ketones (excluding diaryl/α,β-unsaturated/α-hetero) is 1. The monoisotopic (exact) mass is 1690 g/mol. The Morgan fingerprint density at radius 2 is 0.797 bits per heavy atom. The molecular weight excluding hydrogens is 1600 g/mol. The smallest absolute Gasteiger partial charge is 0 e. The summed E-state index contributed by atoms with van der Waals surface area (Å²) in [5, 5.41) is 0. The number of halogens is 7. The molecule has 6 aliphatic rings. The van der Waals surface area contributed by atoms with E-state index in [4.69, 9.17) is 0 Å². The Balaban J connectivity index is -0.000000320. The topological polar surface area (TPSA) is 23.6 Å². The number of hydrogen-bond acceptors (Lipinski definition) is 3. The van der Waals surface area contributed by atoms with E-state index < -0.39 is 0 Å². The first-order chi connectivity index (χ1) is 26.9. The summed E-state index contributed by atoms with van der Waals surface area (Å²) in [6.45, 7) is 30.1. The Labute approximate surface area is 464 Å². The summed E-state index contributed by atoms with van der Waals surface area (Å²) in [6, 6.07) is 0. The first-order valence-corrected chi connectivity index (χ1v) is 50.3. The normalized spacial score (nSPS) is 28.3. The van der Waals surface area contributed by atoms with Crippen molar-refractivity contribution < 1.29 is 41.5 Å². The van der Waals surface area contributed by atoms with Crippen LogP contribution < -0.4 is 13.3 Å². The fourth-order valence-electron chi connectivity index (χ4n) is 8.89. The van der Waals surface area contributed by atoms with Crippen molar-refractivity contribution in [1.29, 1.82) is 0 Å². The molecule has 0 N–H and O–H groups in total. The molecule has 0 aromatic carbocycles. The van der Waals surface area contributed by atoms with Crippen LogP contribution in [0, 0.1) is 47.4 Å². The fourth-order valence-corrected chi connectivity index (χ4v) is 8.89. The molecule has 6 fully saturated rings. The zero-order valence-corrected chi connectivity index (χ0v) is 56.5. The number of rotatable bonds is 2. The molecule has 6 rings (SSSR count). The number of nitrogens with zero attached hydrogens (tertiary/aromatic N) is 2. The van der Waals surface area contributed by atoms with E-state index in [9.17, 15) is 4.79 Å². The summed E-state index contributed by atoms with van der Waals surface area (Å²) >= 11 is 14.6. The molecule has 4 saturated carbocycles. The summed E-state index contributed by atoms with van der Waals surface area (Å²) in [5.74, 6) is 6.17. The maximum absolute atomic E-state index is 10.6. The molecule has 1 radical (unpaired) electrons. The third kappa shape index (κ3) is 38.3. The van der Waals surface area contributed by atoms with Gasteiger partial charge < -0.3 is 29.5 Å². The van der Waals surface area contributed by atoms with E-state index in [-0.39, 0.29) is 30.9 Å². The van der Waals surface area contributed by atoms with Crippen molar-refractivity contribution in [2.45, 2.75) is 222 Å². The Bertz CT molecular complexity index is 842. The number of likely N-dealkylation sites (tertiary alicyclic amines) is 2. The van der Waals surface area contributed by atoms with Crippen LogP contribution in [-0.4, -0.2) is 52.8 Å². The molecule has 12 heteroatoms. The summed E-state index contributed by atoms with van der Waals surface area (Å²) in [4.78, 5) is 19.1. The van der Waals surface area contributed by atoms with Crippen LogP contribution in [0.2, 0.25) is 0 Å². The second-order valence-electron chi connectivity index (χ2n) is 18.9. The predicted molar refractivity (Wildman–Crippen MR) is 309 cm³/mol. The van der Waals surface area contributed by atoms with Crippen LogP contribution in [-0.2, 0) is 28.3 Å². The summed E-state index contributed by atoms with van der Waals surface area (Å²) in [6.07, 6.45) is 29.6. The van der Waals surface area contributed by atoms with Crippen molar-refractivity contribution in [3.8, 4) is 0 Å². The van der Waals surface area contributed by atoms with E-state index in [1.165, 1.54) is 135 Å². The van der Waals surface area contributed by atoms with Crippen molar-refractivity contribution in [2.75, 3.05) is 26.2 Å². The molecule has 359 valence electrons. The van der Waals surface area contributed by atoms with Crippen molar-refractivity contribution >= 4 is 126 Å². The summed E-state index contributed by atoms with van der Waals surface area (Å²) < 4.78 is 0. The van der Waals surface area contributed by atoms with Crippen molar-refractivity contribution in [3.05, 3.63) is 11.9 Å².